The molecule has 0 amide bonds. The SMILES string of the molecule is CC(C)CCSc1ccc([C@H]2C[C@@]3(C)[C@@H](CCC34CCCO4)[C@@H]3CCC4=CC(=O)CCC4=C32)cc1. The number of rotatable bonds is 5. The van der Waals surface area contributed by atoms with Crippen LogP contribution in [0.1, 0.15) is 96.5 Å². The van der Waals surface area contributed by atoms with Crippen LogP contribution in [0.4, 0.5) is 0 Å². The van der Waals surface area contributed by atoms with E-state index in [2.05, 4.69) is 45.0 Å². The third-order valence-electron chi connectivity index (χ3n) is 10.4. The Morgan fingerprint density at radius 3 is 2.66 bits per heavy atom. The fourth-order valence-electron chi connectivity index (χ4n) is 8.59. The van der Waals surface area contributed by atoms with Crippen molar-refractivity contribution in [2.45, 2.75) is 101 Å². The van der Waals surface area contributed by atoms with Gasteiger partial charge in [0, 0.05) is 29.3 Å². The first-order valence-corrected chi connectivity index (χ1v) is 15.2. The van der Waals surface area contributed by atoms with Crippen LogP contribution in [0.15, 0.2) is 52.0 Å². The molecule has 1 aliphatic heterocycles. The molecule has 0 aromatic heterocycles. The summed E-state index contributed by atoms with van der Waals surface area (Å²) < 4.78 is 6.67. The lowest BCUT2D eigenvalue weighted by molar-refractivity contribution is -0.114. The summed E-state index contributed by atoms with van der Waals surface area (Å²) in [5.74, 6) is 4.13. The summed E-state index contributed by atoms with van der Waals surface area (Å²) in [5, 5.41) is 0. The van der Waals surface area contributed by atoms with Crippen LogP contribution < -0.4 is 0 Å². The summed E-state index contributed by atoms with van der Waals surface area (Å²) in [6.45, 7) is 8.15. The Morgan fingerprint density at radius 1 is 1.09 bits per heavy atom. The number of ether oxygens (including phenoxy) is 1. The summed E-state index contributed by atoms with van der Waals surface area (Å²) >= 11 is 2.00. The minimum atomic E-state index is 0.0946. The van der Waals surface area contributed by atoms with Gasteiger partial charge in [0.05, 0.1) is 5.60 Å². The summed E-state index contributed by atoms with van der Waals surface area (Å²) in [7, 11) is 0. The number of hydrogen-bond acceptors (Lipinski definition) is 3. The van der Waals surface area contributed by atoms with Gasteiger partial charge in [-0.25, -0.2) is 0 Å². The Kier molecular flexibility index (Phi) is 6.33. The molecule has 4 aliphatic carbocycles. The molecule has 188 valence electrons. The quantitative estimate of drug-likeness (QED) is 0.389. The van der Waals surface area contributed by atoms with Crippen molar-refractivity contribution < 1.29 is 9.53 Å². The molecule has 3 fully saturated rings. The Bertz CT molecular complexity index is 1040. The van der Waals surface area contributed by atoms with Crippen LogP contribution in [-0.4, -0.2) is 23.7 Å². The zero-order chi connectivity index (χ0) is 24.2. The molecular formula is C32H42O2S. The highest BCUT2D eigenvalue weighted by molar-refractivity contribution is 7.99. The van der Waals surface area contributed by atoms with Gasteiger partial charge in [-0.1, -0.05) is 38.5 Å². The van der Waals surface area contributed by atoms with Gasteiger partial charge in [-0.15, -0.1) is 11.8 Å². The van der Waals surface area contributed by atoms with E-state index in [0.29, 0.717) is 24.0 Å². The number of carbonyl (C=O) groups excluding carboxylic acids is 1. The number of ketones is 1. The molecular weight excluding hydrogens is 448 g/mol. The minimum Gasteiger partial charge on any atom is -0.374 e. The second kappa shape index (κ2) is 9.21. The fourth-order valence-corrected chi connectivity index (χ4v) is 9.74. The highest BCUT2D eigenvalue weighted by atomic mass is 32.2. The average Bonchev–Trinajstić information content (AvgIpc) is 3.44. The van der Waals surface area contributed by atoms with E-state index in [1.54, 1.807) is 11.1 Å². The van der Waals surface area contributed by atoms with E-state index in [1.807, 2.05) is 17.8 Å². The van der Waals surface area contributed by atoms with Crippen molar-refractivity contribution in [1.82, 2.24) is 0 Å². The molecule has 1 spiro atoms. The van der Waals surface area contributed by atoms with Gasteiger partial charge in [0.2, 0.25) is 0 Å². The molecule has 1 saturated heterocycles. The van der Waals surface area contributed by atoms with Crippen molar-refractivity contribution in [3.05, 3.63) is 52.6 Å². The second-order valence-corrected chi connectivity index (χ2v) is 13.7. The highest BCUT2D eigenvalue weighted by Gasteiger charge is 2.64. The smallest absolute Gasteiger partial charge is 0.156 e. The first-order chi connectivity index (χ1) is 16.9. The van der Waals surface area contributed by atoms with Crippen molar-refractivity contribution in [3.8, 4) is 0 Å². The molecule has 1 unspecified atom stereocenters. The zero-order valence-electron chi connectivity index (χ0n) is 21.9. The zero-order valence-corrected chi connectivity index (χ0v) is 22.7. The summed E-state index contributed by atoms with van der Waals surface area (Å²) in [6, 6.07) is 9.60. The third kappa shape index (κ3) is 4.00. The van der Waals surface area contributed by atoms with E-state index in [9.17, 15) is 4.79 Å². The normalized spacial score (nSPS) is 36.4. The molecule has 5 aliphatic rings. The first kappa shape index (κ1) is 24.0. The van der Waals surface area contributed by atoms with Crippen molar-refractivity contribution in [1.29, 1.82) is 0 Å². The lowest BCUT2D eigenvalue weighted by Gasteiger charge is -2.55. The van der Waals surface area contributed by atoms with Gasteiger partial charge >= 0.3 is 0 Å². The summed E-state index contributed by atoms with van der Waals surface area (Å²) in [6.07, 6.45) is 13.5. The average molecular weight is 491 g/mol. The Hall–Kier alpha value is -1.32. The lowest BCUT2D eigenvalue weighted by atomic mass is 9.51. The van der Waals surface area contributed by atoms with Crippen LogP contribution in [0.3, 0.4) is 0 Å². The van der Waals surface area contributed by atoms with Crippen LogP contribution >= 0.6 is 11.8 Å². The minimum absolute atomic E-state index is 0.0946. The van der Waals surface area contributed by atoms with Crippen molar-refractivity contribution in [2.75, 3.05) is 12.4 Å². The first-order valence-electron chi connectivity index (χ1n) is 14.2. The van der Waals surface area contributed by atoms with Gasteiger partial charge in [0.1, 0.15) is 0 Å². The predicted molar refractivity (Wildman–Crippen MR) is 145 cm³/mol. The van der Waals surface area contributed by atoms with Gasteiger partial charge < -0.3 is 4.74 Å². The van der Waals surface area contributed by atoms with E-state index in [1.165, 1.54) is 66.7 Å². The van der Waals surface area contributed by atoms with Crippen molar-refractivity contribution in [3.63, 3.8) is 0 Å². The largest absolute Gasteiger partial charge is 0.374 e. The van der Waals surface area contributed by atoms with E-state index in [-0.39, 0.29) is 11.0 Å². The molecule has 0 bridgehead atoms. The van der Waals surface area contributed by atoms with E-state index in [0.717, 1.165) is 31.3 Å². The van der Waals surface area contributed by atoms with Crippen LogP contribution in [0.2, 0.25) is 0 Å². The Morgan fingerprint density at radius 2 is 1.91 bits per heavy atom. The summed E-state index contributed by atoms with van der Waals surface area (Å²) in [4.78, 5) is 13.7. The maximum absolute atomic E-state index is 12.3. The second-order valence-electron chi connectivity index (χ2n) is 12.6. The van der Waals surface area contributed by atoms with E-state index in [4.69, 9.17) is 4.74 Å². The van der Waals surface area contributed by atoms with Gasteiger partial charge in [-0.3, -0.25) is 4.79 Å². The van der Waals surface area contributed by atoms with Gasteiger partial charge in [0.15, 0.2) is 5.78 Å². The van der Waals surface area contributed by atoms with Crippen molar-refractivity contribution >= 4 is 17.5 Å². The molecule has 2 nitrogen and oxygen atoms in total. The molecule has 1 heterocycles. The molecule has 2 saturated carbocycles. The molecule has 0 radical (unpaired) electrons. The number of benzene rings is 1. The van der Waals surface area contributed by atoms with Gasteiger partial charge in [0.25, 0.3) is 0 Å². The summed E-state index contributed by atoms with van der Waals surface area (Å²) in [5.41, 5.74) is 6.48. The van der Waals surface area contributed by atoms with Crippen LogP contribution in [0.25, 0.3) is 0 Å². The molecule has 35 heavy (non-hydrogen) atoms. The molecule has 0 N–H and O–H groups in total. The predicted octanol–water partition coefficient (Wildman–Crippen LogP) is 8.27. The van der Waals surface area contributed by atoms with Crippen molar-refractivity contribution in [2.24, 2.45) is 23.2 Å². The van der Waals surface area contributed by atoms with Gasteiger partial charge in [-0.2, -0.15) is 0 Å². The molecule has 6 rings (SSSR count). The van der Waals surface area contributed by atoms with Crippen LogP contribution in [0.5, 0.6) is 0 Å². The van der Waals surface area contributed by atoms with E-state index >= 15 is 0 Å². The lowest BCUT2D eigenvalue weighted by Crippen LogP contribution is -2.51. The number of allylic oxidation sites excluding steroid dienone is 4. The molecule has 5 atom stereocenters. The number of hydrogen-bond donors (Lipinski definition) is 0. The molecule has 3 heteroatoms. The molecule has 1 aromatic rings. The Labute approximate surface area is 216 Å². The Balaban J connectivity index is 1.39. The molecule has 1 aromatic carbocycles. The maximum Gasteiger partial charge on any atom is 0.156 e. The number of thioether (sulfide) groups is 1. The van der Waals surface area contributed by atoms with Crippen LogP contribution in [-0.2, 0) is 9.53 Å². The van der Waals surface area contributed by atoms with Gasteiger partial charge in [-0.05, 0) is 116 Å². The fraction of sp³-hybridized carbons (Fsp3) is 0.656. The number of carbonyl (C=O) groups is 1. The maximum atomic E-state index is 12.3. The van der Waals surface area contributed by atoms with Crippen LogP contribution in [0, 0.1) is 23.2 Å². The standard InChI is InChI=1S/C32H42O2S/c1-21(2)14-18-35-25-9-5-22(6-10-25)28-20-31(3)29(13-16-32(31)15-4-17-34-32)27-11-7-23-19-24(33)8-12-26(23)30(27)28/h5-6,9-10,19,21,27-29H,4,7-8,11-18,20H2,1-3H3/t27-,28+,29-,31-,32?/m0/s1. The number of fused-ring (bicyclic) bond motifs is 5. The topological polar surface area (TPSA) is 26.3 Å². The highest BCUT2D eigenvalue weighted by Crippen LogP contribution is 2.69. The van der Waals surface area contributed by atoms with E-state index < -0.39 is 0 Å². The monoisotopic (exact) mass is 490 g/mol. The third-order valence-corrected chi connectivity index (χ3v) is 11.4.